The molecule has 3 heterocycles. The Morgan fingerprint density at radius 1 is 0.818 bits per heavy atom. The Kier molecular flexibility index (Phi) is 3.05. The minimum atomic E-state index is 0.228. The zero-order valence-corrected chi connectivity index (χ0v) is 12.3. The van der Waals surface area contributed by atoms with Gasteiger partial charge in [-0.05, 0) is 52.7 Å². The lowest BCUT2D eigenvalue weighted by Crippen LogP contribution is -1.92. The van der Waals surface area contributed by atoms with E-state index < -0.39 is 0 Å². The highest BCUT2D eigenvalue weighted by Gasteiger charge is 2.06. The number of aromatic hydroxyl groups is 1. The Morgan fingerprint density at radius 2 is 1.68 bits per heavy atom. The van der Waals surface area contributed by atoms with Gasteiger partial charge < -0.3 is 5.11 Å². The largest absolute Gasteiger partial charge is 0.508 e. The van der Waals surface area contributed by atoms with E-state index in [1.165, 1.54) is 0 Å². The molecule has 1 N–H and O–H groups in total. The second kappa shape index (κ2) is 5.20. The lowest BCUT2D eigenvalue weighted by atomic mass is 10.1. The quantitative estimate of drug-likeness (QED) is 0.605. The number of phenolic OH excluding ortho intramolecular Hbond substituents is 1. The van der Waals surface area contributed by atoms with E-state index in [2.05, 4.69) is 26.4 Å². The van der Waals surface area contributed by atoms with Gasteiger partial charge >= 0.3 is 0 Å². The van der Waals surface area contributed by atoms with Gasteiger partial charge in [0.1, 0.15) is 11.3 Å². The molecule has 3 aromatic heterocycles. The molecular weight excluding hydrogens is 294 g/mol. The number of aromatic nitrogens is 3. The highest BCUT2D eigenvalue weighted by Crippen LogP contribution is 2.25. The predicted molar refractivity (Wildman–Crippen MR) is 87.7 cm³/mol. The van der Waals surface area contributed by atoms with Crippen molar-refractivity contribution in [2.45, 2.75) is 0 Å². The molecule has 0 saturated carbocycles. The number of pyridine rings is 1. The van der Waals surface area contributed by atoms with E-state index >= 15 is 0 Å². The van der Waals surface area contributed by atoms with Gasteiger partial charge in [0.15, 0.2) is 5.82 Å². The first-order valence-electron chi connectivity index (χ1n) is 6.74. The molecule has 0 fully saturated rings. The van der Waals surface area contributed by atoms with Crippen LogP contribution in [-0.2, 0) is 0 Å². The summed E-state index contributed by atoms with van der Waals surface area (Å²) >= 11 is 1.66. The summed E-state index contributed by atoms with van der Waals surface area (Å²) in [5, 5.41) is 13.5. The summed E-state index contributed by atoms with van der Waals surface area (Å²) in [6.07, 6.45) is 3.57. The van der Waals surface area contributed by atoms with Crippen LogP contribution < -0.4 is 0 Å². The molecule has 0 amide bonds. The minimum Gasteiger partial charge on any atom is -0.508 e. The number of phenols is 1. The maximum atomic E-state index is 9.37. The molecule has 5 heteroatoms. The average Bonchev–Trinajstić information content (AvgIpc) is 3.09. The summed E-state index contributed by atoms with van der Waals surface area (Å²) in [6, 6.07) is 10.9. The maximum Gasteiger partial charge on any atom is 0.159 e. The topological polar surface area (TPSA) is 58.9 Å². The van der Waals surface area contributed by atoms with Gasteiger partial charge in [-0.2, -0.15) is 11.3 Å². The van der Waals surface area contributed by atoms with E-state index in [4.69, 9.17) is 0 Å². The van der Waals surface area contributed by atoms with Gasteiger partial charge in [-0.3, -0.25) is 4.98 Å². The molecule has 0 aliphatic heterocycles. The normalized spacial score (nSPS) is 10.9. The average molecular weight is 305 g/mol. The molecule has 0 spiro atoms. The predicted octanol–water partition coefficient (Wildman–Crippen LogP) is 4.13. The van der Waals surface area contributed by atoms with E-state index in [-0.39, 0.29) is 5.75 Å². The highest BCUT2D eigenvalue weighted by atomic mass is 32.1. The van der Waals surface area contributed by atoms with Gasteiger partial charge in [0, 0.05) is 17.3 Å². The Morgan fingerprint density at radius 3 is 2.45 bits per heavy atom. The summed E-state index contributed by atoms with van der Waals surface area (Å²) in [4.78, 5) is 13.4. The number of hydrogen-bond acceptors (Lipinski definition) is 5. The fraction of sp³-hybridized carbons (Fsp3) is 0. The summed E-state index contributed by atoms with van der Waals surface area (Å²) in [6.45, 7) is 0. The first-order valence-corrected chi connectivity index (χ1v) is 7.69. The van der Waals surface area contributed by atoms with Crippen LogP contribution in [0, 0.1) is 0 Å². The third kappa shape index (κ3) is 2.31. The molecule has 0 atom stereocenters. The van der Waals surface area contributed by atoms with Crippen LogP contribution in [0.2, 0.25) is 0 Å². The fourth-order valence-corrected chi connectivity index (χ4v) is 2.92. The summed E-state index contributed by atoms with van der Waals surface area (Å²) in [5.41, 5.74) is 4.62. The van der Waals surface area contributed by atoms with Crippen molar-refractivity contribution in [3.8, 4) is 28.3 Å². The van der Waals surface area contributed by atoms with Gasteiger partial charge in [-0.1, -0.05) is 0 Å². The number of benzene rings is 1. The van der Waals surface area contributed by atoms with Crippen LogP contribution in [0.5, 0.6) is 5.75 Å². The number of fused-ring (bicyclic) bond motifs is 1. The van der Waals surface area contributed by atoms with Crippen LogP contribution in [0.3, 0.4) is 0 Å². The Labute approximate surface area is 130 Å². The van der Waals surface area contributed by atoms with Crippen molar-refractivity contribution in [1.82, 2.24) is 15.0 Å². The number of hydrogen-bond donors (Lipinski definition) is 1. The molecule has 106 valence electrons. The van der Waals surface area contributed by atoms with Crippen LogP contribution in [-0.4, -0.2) is 20.1 Å². The monoisotopic (exact) mass is 305 g/mol. The molecule has 0 aliphatic carbocycles. The SMILES string of the molecule is Oc1ccc(-c2ncc3ncc(-c4ccsc4)cc3n2)cc1. The number of rotatable bonds is 2. The van der Waals surface area contributed by atoms with Crippen LogP contribution in [0.1, 0.15) is 0 Å². The minimum absolute atomic E-state index is 0.228. The molecule has 22 heavy (non-hydrogen) atoms. The Hall–Kier alpha value is -2.79. The molecule has 4 nitrogen and oxygen atoms in total. The first kappa shape index (κ1) is 12.9. The van der Waals surface area contributed by atoms with Gasteiger partial charge in [-0.25, -0.2) is 9.97 Å². The van der Waals surface area contributed by atoms with Crippen LogP contribution in [0.25, 0.3) is 33.5 Å². The molecule has 0 unspecified atom stereocenters. The number of thiophene rings is 1. The maximum absolute atomic E-state index is 9.37. The zero-order valence-electron chi connectivity index (χ0n) is 11.5. The molecule has 4 rings (SSSR count). The highest BCUT2D eigenvalue weighted by molar-refractivity contribution is 7.08. The van der Waals surface area contributed by atoms with E-state index in [0.29, 0.717) is 5.82 Å². The lowest BCUT2D eigenvalue weighted by Gasteiger charge is -2.04. The summed E-state index contributed by atoms with van der Waals surface area (Å²) in [5.74, 6) is 0.850. The van der Waals surface area contributed by atoms with Crippen LogP contribution in [0.4, 0.5) is 0 Å². The van der Waals surface area contributed by atoms with E-state index in [1.807, 2.05) is 17.6 Å². The smallest absolute Gasteiger partial charge is 0.159 e. The molecule has 1 aromatic carbocycles. The summed E-state index contributed by atoms with van der Waals surface area (Å²) < 4.78 is 0. The van der Waals surface area contributed by atoms with Crippen molar-refractivity contribution in [3.63, 3.8) is 0 Å². The molecule has 4 aromatic rings. The van der Waals surface area contributed by atoms with Gasteiger partial charge in [0.05, 0.1) is 11.7 Å². The van der Waals surface area contributed by atoms with E-state index in [9.17, 15) is 5.11 Å². The van der Waals surface area contributed by atoms with Gasteiger partial charge in [0.25, 0.3) is 0 Å². The van der Waals surface area contributed by atoms with Crippen molar-refractivity contribution in [2.75, 3.05) is 0 Å². The van der Waals surface area contributed by atoms with Crippen LogP contribution >= 0.6 is 11.3 Å². The van der Waals surface area contributed by atoms with Crippen molar-refractivity contribution >= 4 is 22.4 Å². The third-order valence-electron chi connectivity index (χ3n) is 3.41. The first-order chi connectivity index (χ1) is 10.8. The second-order valence-corrected chi connectivity index (χ2v) is 5.66. The van der Waals surface area contributed by atoms with Crippen molar-refractivity contribution in [2.24, 2.45) is 0 Å². The molecule has 0 saturated heterocycles. The number of nitrogens with zero attached hydrogens (tertiary/aromatic N) is 3. The lowest BCUT2D eigenvalue weighted by molar-refractivity contribution is 0.475. The fourth-order valence-electron chi connectivity index (χ4n) is 2.25. The van der Waals surface area contributed by atoms with Crippen molar-refractivity contribution in [1.29, 1.82) is 0 Å². The van der Waals surface area contributed by atoms with E-state index in [1.54, 1.807) is 41.8 Å². The zero-order chi connectivity index (χ0) is 14.9. The molecule has 0 aliphatic rings. The van der Waals surface area contributed by atoms with Crippen molar-refractivity contribution in [3.05, 3.63) is 59.6 Å². The molecular formula is C17H11N3OS. The Balaban J connectivity index is 1.83. The van der Waals surface area contributed by atoms with Gasteiger partial charge in [0.2, 0.25) is 0 Å². The van der Waals surface area contributed by atoms with E-state index in [0.717, 1.165) is 27.7 Å². The third-order valence-corrected chi connectivity index (χ3v) is 4.10. The second-order valence-electron chi connectivity index (χ2n) is 4.88. The Bertz CT molecular complexity index is 934. The standard InChI is InChI=1S/C17H11N3OS/c21-14-3-1-11(2-4-14)17-19-9-16-15(20-17)7-13(8-18-16)12-5-6-22-10-12/h1-10,21H. The summed E-state index contributed by atoms with van der Waals surface area (Å²) in [7, 11) is 0. The van der Waals surface area contributed by atoms with Crippen LogP contribution in [0.15, 0.2) is 59.6 Å². The molecule has 0 radical (unpaired) electrons. The van der Waals surface area contributed by atoms with Crippen molar-refractivity contribution < 1.29 is 5.11 Å². The molecule has 0 bridgehead atoms. The van der Waals surface area contributed by atoms with Gasteiger partial charge in [-0.15, -0.1) is 0 Å².